The summed E-state index contributed by atoms with van der Waals surface area (Å²) in [5.41, 5.74) is 5.91. The van der Waals surface area contributed by atoms with Gasteiger partial charge in [-0.2, -0.15) is 0 Å². The normalized spacial score (nSPS) is 11.6. The van der Waals surface area contributed by atoms with E-state index in [4.69, 9.17) is 10.5 Å². The third-order valence-corrected chi connectivity index (χ3v) is 4.14. The van der Waals surface area contributed by atoms with Crippen molar-refractivity contribution in [3.63, 3.8) is 0 Å². The number of nitrogen functional groups attached to an aromatic ring is 1. The molecule has 1 rings (SSSR count). The molecule has 0 aliphatic rings. The molecule has 3 N–H and O–H groups in total. The van der Waals surface area contributed by atoms with Crippen LogP contribution in [0.1, 0.15) is 26.2 Å². The number of benzene rings is 1. The molecule has 0 saturated heterocycles. The van der Waals surface area contributed by atoms with Crippen molar-refractivity contribution in [3.05, 3.63) is 24.3 Å². The summed E-state index contributed by atoms with van der Waals surface area (Å²) in [7, 11) is -3.52. The van der Waals surface area contributed by atoms with Gasteiger partial charge in [-0.05, 0) is 25.0 Å². The minimum atomic E-state index is -3.52. The molecule has 0 spiro atoms. The Morgan fingerprint density at radius 2 is 1.89 bits per heavy atom. The molecule has 0 radical (unpaired) electrons. The molecule has 0 bridgehead atoms. The number of rotatable bonds is 9. The van der Waals surface area contributed by atoms with Crippen LogP contribution in [0.25, 0.3) is 0 Å². The van der Waals surface area contributed by atoms with Crippen molar-refractivity contribution in [3.8, 4) is 0 Å². The lowest BCUT2D eigenvalue weighted by molar-refractivity contribution is 0.130. The fourth-order valence-electron chi connectivity index (χ4n) is 1.53. The number of nitrogens with one attached hydrogen (secondary N) is 1. The average Bonchev–Trinajstić information content (AvgIpc) is 2.38. The van der Waals surface area contributed by atoms with Gasteiger partial charge in [0.1, 0.15) is 4.90 Å². The van der Waals surface area contributed by atoms with Crippen LogP contribution in [-0.4, -0.2) is 28.2 Å². The minimum absolute atomic E-state index is 0.127. The number of ether oxygens (including phenoxy) is 1. The molecule has 0 saturated carbocycles. The molecule has 0 aromatic heterocycles. The van der Waals surface area contributed by atoms with Gasteiger partial charge in [-0.1, -0.05) is 25.5 Å². The highest BCUT2D eigenvalue weighted by Gasteiger charge is 2.15. The first kappa shape index (κ1) is 15.9. The standard InChI is InChI=1S/C13H22N2O3S/c1-2-3-10-18-11-6-9-15-19(16,17)13-8-5-4-7-12(13)14/h4-5,7-8,15H,2-3,6,9-11,14H2,1H3. The maximum Gasteiger partial charge on any atom is 0.242 e. The van der Waals surface area contributed by atoms with Gasteiger partial charge in [0.25, 0.3) is 0 Å². The van der Waals surface area contributed by atoms with Crippen LogP contribution in [0.2, 0.25) is 0 Å². The Hall–Kier alpha value is -1.11. The highest BCUT2D eigenvalue weighted by molar-refractivity contribution is 7.89. The first-order valence-electron chi connectivity index (χ1n) is 6.50. The number of sulfonamides is 1. The Kier molecular flexibility index (Phi) is 6.83. The number of anilines is 1. The topological polar surface area (TPSA) is 81.4 Å². The van der Waals surface area contributed by atoms with Gasteiger partial charge in [-0.3, -0.25) is 0 Å². The lowest BCUT2D eigenvalue weighted by atomic mass is 10.3. The van der Waals surface area contributed by atoms with Crippen LogP contribution in [0, 0.1) is 0 Å². The Morgan fingerprint density at radius 1 is 1.21 bits per heavy atom. The van der Waals surface area contributed by atoms with Gasteiger partial charge in [-0.15, -0.1) is 0 Å². The molecule has 1 aromatic carbocycles. The highest BCUT2D eigenvalue weighted by Crippen LogP contribution is 2.16. The maximum absolute atomic E-state index is 12.0. The van der Waals surface area contributed by atoms with E-state index in [2.05, 4.69) is 11.6 Å². The summed E-state index contributed by atoms with van der Waals surface area (Å²) in [5.74, 6) is 0. The van der Waals surface area contributed by atoms with Crippen LogP contribution in [-0.2, 0) is 14.8 Å². The van der Waals surface area contributed by atoms with Crippen LogP contribution in [0.5, 0.6) is 0 Å². The summed E-state index contributed by atoms with van der Waals surface area (Å²) in [6, 6.07) is 6.42. The largest absolute Gasteiger partial charge is 0.398 e. The number of hydrogen-bond acceptors (Lipinski definition) is 4. The van der Waals surface area contributed by atoms with Crippen LogP contribution in [0.3, 0.4) is 0 Å². The van der Waals surface area contributed by atoms with E-state index in [1.165, 1.54) is 6.07 Å². The van der Waals surface area contributed by atoms with Crippen molar-refractivity contribution >= 4 is 15.7 Å². The van der Waals surface area contributed by atoms with Crippen LogP contribution < -0.4 is 10.5 Å². The predicted molar refractivity (Wildman–Crippen MR) is 76.4 cm³/mol. The van der Waals surface area contributed by atoms with E-state index < -0.39 is 10.0 Å². The molecule has 19 heavy (non-hydrogen) atoms. The van der Waals surface area contributed by atoms with Gasteiger partial charge in [0.15, 0.2) is 0 Å². The summed E-state index contributed by atoms with van der Waals surface area (Å²) in [6.45, 7) is 3.74. The molecule has 5 nitrogen and oxygen atoms in total. The van der Waals surface area contributed by atoms with E-state index in [1.54, 1.807) is 18.2 Å². The zero-order valence-electron chi connectivity index (χ0n) is 11.3. The Labute approximate surface area is 115 Å². The van der Waals surface area contributed by atoms with E-state index >= 15 is 0 Å². The second-order valence-electron chi connectivity index (χ2n) is 4.26. The average molecular weight is 286 g/mol. The molecule has 108 valence electrons. The van der Waals surface area contributed by atoms with Gasteiger partial charge in [-0.25, -0.2) is 13.1 Å². The molecule has 0 unspecified atom stereocenters. The van der Waals surface area contributed by atoms with E-state index in [9.17, 15) is 8.42 Å². The van der Waals surface area contributed by atoms with Crippen molar-refractivity contribution in [1.29, 1.82) is 0 Å². The number of para-hydroxylation sites is 1. The number of hydrogen-bond donors (Lipinski definition) is 2. The molecule has 0 fully saturated rings. The Morgan fingerprint density at radius 3 is 2.58 bits per heavy atom. The first-order chi connectivity index (χ1) is 9.08. The quantitative estimate of drug-likeness (QED) is 0.535. The van der Waals surface area contributed by atoms with E-state index in [1.807, 2.05) is 0 Å². The van der Waals surface area contributed by atoms with Gasteiger partial charge in [0.2, 0.25) is 10.0 Å². The molecule has 0 aliphatic carbocycles. The summed E-state index contributed by atoms with van der Waals surface area (Å²) in [5, 5.41) is 0. The van der Waals surface area contributed by atoms with Crippen molar-refractivity contribution in [2.75, 3.05) is 25.5 Å². The predicted octanol–water partition coefficient (Wildman–Crippen LogP) is 1.75. The van der Waals surface area contributed by atoms with E-state index in [0.29, 0.717) is 19.6 Å². The second kappa shape index (κ2) is 8.14. The molecule has 0 amide bonds. The smallest absolute Gasteiger partial charge is 0.242 e. The van der Waals surface area contributed by atoms with Crippen LogP contribution in [0.15, 0.2) is 29.2 Å². The van der Waals surface area contributed by atoms with Gasteiger partial charge in [0.05, 0.1) is 5.69 Å². The van der Waals surface area contributed by atoms with Crippen molar-refractivity contribution in [1.82, 2.24) is 4.72 Å². The van der Waals surface area contributed by atoms with Crippen LogP contribution >= 0.6 is 0 Å². The van der Waals surface area contributed by atoms with Crippen molar-refractivity contribution in [2.24, 2.45) is 0 Å². The third-order valence-electron chi connectivity index (χ3n) is 2.61. The Bertz CT molecular complexity index is 475. The maximum atomic E-state index is 12.0. The lowest BCUT2D eigenvalue weighted by Gasteiger charge is -2.09. The van der Waals surface area contributed by atoms with Crippen LogP contribution in [0.4, 0.5) is 5.69 Å². The highest BCUT2D eigenvalue weighted by atomic mass is 32.2. The molecule has 0 atom stereocenters. The summed E-state index contributed by atoms with van der Waals surface area (Å²) in [4.78, 5) is 0.127. The van der Waals surface area contributed by atoms with E-state index in [0.717, 1.165) is 19.4 Å². The molecular formula is C13H22N2O3S. The number of nitrogens with two attached hydrogens (primary N) is 1. The molecule has 1 aromatic rings. The monoisotopic (exact) mass is 286 g/mol. The van der Waals surface area contributed by atoms with E-state index in [-0.39, 0.29) is 10.6 Å². The number of unbranched alkanes of at least 4 members (excludes halogenated alkanes) is 1. The SMILES string of the molecule is CCCCOCCCNS(=O)(=O)c1ccccc1N. The summed E-state index contributed by atoms with van der Waals surface area (Å²) >= 11 is 0. The fourth-order valence-corrected chi connectivity index (χ4v) is 2.74. The second-order valence-corrected chi connectivity index (χ2v) is 5.99. The molecular weight excluding hydrogens is 264 g/mol. The lowest BCUT2D eigenvalue weighted by Crippen LogP contribution is -2.26. The van der Waals surface area contributed by atoms with Gasteiger partial charge in [0, 0.05) is 19.8 Å². The Balaban J connectivity index is 2.34. The zero-order valence-corrected chi connectivity index (χ0v) is 12.1. The minimum Gasteiger partial charge on any atom is -0.398 e. The zero-order chi connectivity index (χ0) is 14.1. The fraction of sp³-hybridized carbons (Fsp3) is 0.538. The summed E-state index contributed by atoms with van der Waals surface area (Å²) in [6.07, 6.45) is 2.78. The molecule has 6 heteroatoms. The first-order valence-corrected chi connectivity index (χ1v) is 7.98. The molecule has 0 heterocycles. The third kappa shape index (κ3) is 5.59. The van der Waals surface area contributed by atoms with Crippen molar-refractivity contribution in [2.45, 2.75) is 31.1 Å². The summed E-state index contributed by atoms with van der Waals surface area (Å²) < 4.78 is 31.8. The van der Waals surface area contributed by atoms with Gasteiger partial charge >= 0.3 is 0 Å². The van der Waals surface area contributed by atoms with Gasteiger partial charge < -0.3 is 10.5 Å². The molecule has 0 aliphatic heterocycles. The van der Waals surface area contributed by atoms with Crippen molar-refractivity contribution < 1.29 is 13.2 Å².